The summed E-state index contributed by atoms with van der Waals surface area (Å²) in [4.78, 5) is 10.5. The lowest BCUT2D eigenvalue weighted by molar-refractivity contribution is -0.384. The molecule has 22 heavy (non-hydrogen) atoms. The number of nitrogens with one attached hydrogen (secondary N) is 1. The molecule has 7 heteroatoms. The summed E-state index contributed by atoms with van der Waals surface area (Å²) < 4.78 is 5.10. The largest absolute Gasteiger partial charge is 0.379 e. The summed E-state index contributed by atoms with van der Waals surface area (Å²) in [7, 11) is 0. The van der Waals surface area contributed by atoms with Gasteiger partial charge in [0.25, 0.3) is 5.69 Å². The van der Waals surface area contributed by atoms with Crippen LogP contribution in [0.1, 0.15) is 29.0 Å². The lowest BCUT2D eigenvalue weighted by Crippen LogP contribution is -2.06. The van der Waals surface area contributed by atoms with E-state index in [1.54, 1.807) is 12.1 Å². The molecular formula is C15H16N4O3. The maximum atomic E-state index is 11.0. The van der Waals surface area contributed by atoms with Gasteiger partial charge in [-0.25, -0.2) is 0 Å². The zero-order valence-corrected chi connectivity index (χ0v) is 12.4. The number of nitrogens with zero attached hydrogens (tertiary/aromatic N) is 3. The van der Waals surface area contributed by atoms with Crippen LogP contribution in [0.3, 0.4) is 0 Å². The number of benzene rings is 1. The second-order valence-electron chi connectivity index (χ2n) is 4.93. The molecule has 1 N–H and O–H groups in total. The fourth-order valence-electron chi connectivity index (χ4n) is 2.25. The fourth-order valence-corrected chi connectivity index (χ4v) is 2.25. The first-order valence-electron chi connectivity index (χ1n) is 6.87. The average molecular weight is 300 g/mol. The molecule has 0 saturated carbocycles. The molecule has 0 unspecified atom stereocenters. The minimum Gasteiger partial charge on any atom is -0.379 e. The first-order chi connectivity index (χ1) is 10.5. The monoisotopic (exact) mass is 300 g/mol. The number of aryl methyl sites for hydroxylation is 2. The van der Waals surface area contributed by atoms with Crippen molar-refractivity contribution in [3.05, 3.63) is 50.9 Å². The molecule has 1 aromatic heterocycles. The van der Waals surface area contributed by atoms with Gasteiger partial charge in [0, 0.05) is 18.2 Å². The minimum absolute atomic E-state index is 0.0867. The Hall–Kier alpha value is -2.88. The third-order valence-corrected chi connectivity index (χ3v) is 3.42. The molecule has 0 saturated heterocycles. The second kappa shape index (κ2) is 6.72. The van der Waals surface area contributed by atoms with Crippen LogP contribution in [0.15, 0.2) is 22.7 Å². The summed E-state index contributed by atoms with van der Waals surface area (Å²) in [6.07, 6.45) is 1.58. The highest BCUT2D eigenvalue weighted by Gasteiger charge is 2.14. The Morgan fingerprint density at radius 2 is 2.23 bits per heavy atom. The SMILES string of the molecule is Cc1noc(C)c1CCCNc1ccc(C#N)cc1[N+](=O)[O-]. The highest BCUT2D eigenvalue weighted by Crippen LogP contribution is 2.25. The van der Waals surface area contributed by atoms with Gasteiger partial charge in [-0.15, -0.1) is 0 Å². The molecule has 0 aliphatic carbocycles. The smallest absolute Gasteiger partial charge is 0.293 e. The van der Waals surface area contributed by atoms with E-state index in [0.29, 0.717) is 12.2 Å². The summed E-state index contributed by atoms with van der Waals surface area (Å²) in [5, 5.41) is 26.8. The van der Waals surface area contributed by atoms with E-state index in [1.165, 1.54) is 6.07 Å². The van der Waals surface area contributed by atoms with Crippen LogP contribution < -0.4 is 5.32 Å². The molecule has 114 valence electrons. The van der Waals surface area contributed by atoms with Gasteiger partial charge < -0.3 is 9.84 Å². The number of aromatic nitrogens is 1. The van der Waals surface area contributed by atoms with Crippen LogP contribution in [0.2, 0.25) is 0 Å². The molecule has 1 aromatic carbocycles. The molecule has 0 fully saturated rings. The number of nitro groups is 1. The molecule has 0 radical (unpaired) electrons. The van der Waals surface area contributed by atoms with E-state index in [0.717, 1.165) is 29.9 Å². The van der Waals surface area contributed by atoms with Gasteiger partial charge in [-0.1, -0.05) is 5.16 Å². The number of hydrogen-bond donors (Lipinski definition) is 1. The third kappa shape index (κ3) is 3.41. The number of rotatable bonds is 6. The van der Waals surface area contributed by atoms with Gasteiger partial charge in [0.15, 0.2) is 0 Å². The molecule has 0 spiro atoms. The van der Waals surface area contributed by atoms with Crippen LogP contribution >= 0.6 is 0 Å². The number of anilines is 1. The Labute approximate surface area is 127 Å². The van der Waals surface area contributed by atoms with Crippen molar-refractivity contribution in [2.75, 3.05) is 11.9 Å². The first-order valence-corrected chi connectivity index (χ1v) is 6.87. The molecule has 0 atom stereocenters. The van der Waals surface area contributed by atoms with Crippen LogP contribution in [0, 0.1) is 35.3 Å². The van der Waals surface area contributed by atoms with E-state index < -0.39 is 4.92 Å². The highest BCUT2D eigenvalue weighted by molar-refractivity contribution is 5.64. The Balaban J connectivity index is 1.97. The molecule has 1 heterocycles. The molecule has 0 aliphatic heterocycles. The van der Waals surface area contributed by atoms with Crippen LogP contribution in [0.5, 0.6) is 0 Å². The van der Waals surface area contributed by atoms with Gasteiger partial charge in [-0.05, 0) is 38.8 Å². The van der Waals surface area contributed by atoms with Gasteiger partial charge in [-0.2, -0.15) is 5.26 Å². The van der Waals surface area contributed by atoms with Crippen LogP contribution in [0.4, 0.5) is 11.4 Å². The topological polar surface area (TPSA) is 105 Å². The summed E-state index contributed by atoms with van der Waals surface area (Å²) in [6.45, 7) is 4.34. The van der Waals surface area contributed by atoms with Crippen molar-refractivity contribution < 1.29 is 9.45 Å². The number of hydrogen-bond acceptors (Lipinski definition) is 6. The molecule has 7 nitrogen and oxygen atoms in total. The summed E-state index contributed by atoms with van der Waals surface area (Å²) in [5.74, 6) is 0.807. The van der Waals surface area contributed by atoms with Crippen molar-refractivity contribution in [3.8, 4) is 6.07 Å². The molecule has 0 bridgehead atoms. The van der Waals surface area contributed by atoms with E-state index in [4.69, 9.17) is 9.78 Å². The molecule has 0 aliphatic rings. The molecular weight excluding hydrogens is 284 g/mol. The average Bonchev–Trinajstić information content (AvgIpc) is 2.82. The maximum absolute atomic E-state index is 11.0. The summed E-state index contributed by atoms with van der Waals surface area (Å²) in [5.41, 5.74) is 2.56. The van der Waals surface area contributed by atoms with Crippen molar-refractivity contribution in [1.29, 1.82) is 5.26 Å². The predicted molar refractivity (Wildman–Crippen MR) is 80.6 cm³/mol. The van der Waals surface area contributed by atoms with Gasteiger partial charge in [-0.3, -0.25) is 10.1 Å². The van der Waals surface area contributed by atoms with Gasteiger partial charge >= 0.3 is 0 Å². The van der Waals surface area contributed by atoms with E-state index >= 15 is 0 Å². The van der Waals surface area contributed by atoms with E-state index in [-0.39, 0.29) is 11.3 Å². The van der Waals surface area contributed by atoms with Crippen LogP contribution in [0.25, 0.3) is 0 Å². The van der Waals surface area contributed by atoms with Crippen molar-refractivity contribution in [3.63, 3.8) is 0 Å². The fraction of sp³-hybridized carbons (Fsp3) is 0.333. The normalized spacial score (nSPS) is 10.2. The molecule has 0 amide bonds. The van der Waals surface area contributed by atoms with E-state index in [2.05, 4.69) is 10.5 Å². The Kier molecular flexibility index (Phi) is 4.73. The van der Waals surface area contributed by atoms with Crippen molar-refractivity contribution in [2.24, 2.45) is 0 Å². The Morgan fingerprint density at radius 1 is 1.45 bits per heavy atom. The zero-order chi connectivity index (χ0) is 16.1. The van der Waals surface area contributed by atoms with Crippen molar-refractivity contribution in [1.82, 2.24) is 5.16 Å². The Morgan fingerprint density at radius 3 is 2.82 bits per heavy atom. The van der Waals surface area contributed by atoms with Gasteiger partial charge in [0.05, 0.1) is 22.2 Å². The van der Waals surface area contributed by atoms with E-state index in [9.17, 15) is 10.1 Å². The lowest BCUT2D eigenvalue weighted by Gasteiger charge is -2.07. The zero-order valence-electron chi connectivity index (χ0n) is 12.4. The highest BCUT2D eigenvalue weighted by atomic mass is 16.6. The van der Waals surface area contributed by atoms with Crippen LogP contribution in [-0.2, 0) is 6.42 Å². The molecule has 2 rings (SSSR count). The van der Waals surface area contributed by atoms with Gasteiger partial charge in [0.1, 0.15) is 11.4 Å². The predicted octanol–water partition coefficient (Wildman–Crippen LogP) is 3.12. The maximum Gasteiger partial charge on any atom is 0.293 e. The summed E-state index contributed by atoms with van der Waals surface area (Å²) in [6, 6.07) is 6.29. The second-order valence-corrected chi connectivity index (χ2v) is 4.93. The van der Waals surface area contributed by atoms with E-state index in [1.807, 2.05) is 19.9 Å². The first kappa shape index (κ1) is 15.5. The Bertz CT molecular complexity index is 711. The minimum atomic E-state index is -0.489. The number of nitriles is 1. The van der Waals surface area contributed by atoms with Crippen molar-refractivity contribution >= 4 is 11.4 Å². The molecule has 2 aromatic rings. The lowest BCUT2D eigenvalue weighted by atomic mass is 10.1. The third-order valence-electron chi connectivity index (χ3n) is 3.42. The quantitative estimate of drug-likeness (QED) is 0.499. The van der Waals surface area contributed by atoms with Crippen LogP contribution in [-0.4, -0.2) is 16.6 Å². The van der Waals surface area contributed by atoms with Gasteiger partial charge in [0.2, 0.25) is 0 Å². The number of nitro benzene ring substituents is 1. The van der Waals surface area contributed by atoms with Crippen molar-refractivity contribution in [2.45, 2.75) is 26.7 Å². The summed E-state index contributed by atoms with van der Waals surface area (Å²) >= 11 is 0. The standard InChI is InChI=1S/C15H16N4O3/c1-10-13(11(2)22-18-10)4-3-7-17-14-6-5-12(9-16)8-15(14)19(20)21/h5-6,8,17H,3-4,7H2,1-2H3.